The zero-order chi connectivity index (χ0) is 9.36. The Labute approximate surface area is 80.3 Å². The van der Waals surface area contributed by atoms with Gasteiger partial charge in [0.15, 0.2) is 0 Å². The summed E-state index contributed by atoms with van der Waals surface area (Å²) in [6.45, 7) is 5.14. The van der Waals surface area contributed by atoms with Gasteiger partial charge in [0.25, 0.3) is 0 Å². The Hall–Kier alpha value is -0.590. The van der Waals surface area contributed by atoms with E-state index in [4.69, 9.17) is 10.00 Å². The van der Waals surface area contributed by atoms with Crippen LogP contribution in [0.5, 0.6) is 0 Å². The topological polar surface area (TPSA) is 36.3 Å². The predicted molar refractivity (Wildman–Crippen MR) is 51.3 cm³/mol. The third-order valence-corrected chi connectivity index (χ3v) is 2.33. The lowest BCUT2D eigenvalue weighted by Gasteiger charge is -2.18. The fourth-order valence-electron chi connectivity index (χ4n) is 1.56. The zero-order valence-corrected chi connectivity index (χ0v) is 8.17. The summed E-state index contributed by atoms with van der Waals surface area (Å²) in [5.74, 6) is 0. The fourth-order valence-corrected chi connectivity index (χ4v) is 1.56. The molecule has 3 nitrogen and oxygen atoms in total. The number of hydrogen-bond acceptors (Lipinski definition) is 3. The summed E-state index contributed by atoms with van der Waals surface area (Å²) >= 11 is 0. The van der Waals surface area contributed by atoms with Crippen molar-refractivity contribution >= 4 is 0 Å². The lowest BCUT2D eigenvalue weighted by Crippen LogP contribution is -2.27. The maximum atomic E-state index is 8.36. The van der Waals surface area contributed by atoms with Crippen molar-refractivity contribution in [1.82, 2.24) is 4.90 Å². The van der Waals surface area contributed by atoms with E-state index >= 15 is 0 Å². The van der Waals surface area contributed by atoms with Crippen molar-refractivity contribution in [3.05, 3.63) is 0 Å². The molecule has 1 saturated heterocycles. The van der Waals surface area contributed by atoms with Gasteiger partial charge in [0, 0.05) is 26.1 Å². The molecule has 0 aromatic carbocycles. The zero-order valence-electron chi connectivity index (χ0n) is 8.17. The standard InChI is InChI=1S/C10H18N2O/c11-5-2-1-3-6-12-7-4-9-13-10-8-12/h1-4,6-10H2. The van der Waals surface area contributed by atoms with Crippen molar-refractivity contribution in [2.24, 2.45) is 0 Å². The van der Waals surface area contributed by atoms with Gasteiger partial charge in [-0.25, -0.2) is 0 Å². The molecule has 0 aromatic rings. The van der Waals surface area contributed by atoms with Crippen LogP contribution in [-0.2, 0) is 4.74 Å². The lowest BCUT2D eigenvalue weighted by atomic mass is 10.2. The van der Waals surface area contributed by atoms with Gasteiger partial charge in [-0.3, -0.25) is 0 Å². The Balaban J connectivity index is 2.02. The second-order valence-electron chi connectivity index (χ2n) is 3.42. The molecule has 0 aromatic heterocycles. The maximum absolute atomic E-state index is 8.36. The van der Waals surface area contributed by atoms with Gasteiger partial charge in [-0.1, -0.05) is 0 Å². The molecule has 0 N–H and O–H groups in total. The Morgan fingerprint density at radius 2 is 2.15 bits per heavy atom. The van der Waals surface area contributed by atoms with E-state index in [1.807, 2.05) is 0 Å². The number of rotatable bonds is 4. The number of ether oxygens (including phenoxy) is 1. The van der Waals surface area contributed by atoms with Crippen molar-refractivity contribution in [2.45, 2.75) is 25.7 Å². The number of hydrogen-bond donors (Lipinski definition) is 0. The van der Waals surface area contributed by atoms with E-state index in [0.29, 0.717) is 6.42 Å². The van der Waals surface area contributed by atoms with E-state index in [2.05, 4.69) is 11.0 Å². The van der Waals surface area contributed by atoms with Gasteiger partial charge in [0.1, 0.15) is 0 Å². The van der Waals surface area contributed by atoms with E-state index in [-0.39, 0.29) is 0 Å². The average Bonchev–Trinajstić information content (AvgIpc) is 2.41. The van der Waals surface area contributed by atoms with E-state index in [9.17, 15) is 0 Å². The minimum Gasteiger partial charge on any atom is -0.380 e. The molecule has 0 spiro atoms. The highest BCUT2D eigenvalue weighted by atomic mass is 16.5. The molecule has 0 aliphatic carbocycles. The molecule has 0 atom stereocenters. The molecule has 3 heteroatoms. The molecule has 0 saturated carbocycles. The molecule has 0 unspecified atom stereocenters. The largest absolute Gasteiger partial charge is 0.380 e. The smallest absolute Gasteiger partial charge is 0.0621 e. The monoisotopic (exact) mass is 182 g/mol. The molecule has 0 bridgehead atoms. The highest BCUT2D eigenvalue weighted by Gasteiger charge is 2.07. The Bertz CT molecular complexity index is 157. The predicted octanol–water partition coefficient (Wildman–Crippen LogP) is 1.40. The minimum atomic E-state index is 0.699. The molecule has 1 heterocycles. The summed E-state index contributed by atoms with van der Waals surface area (Å²) < 4.78 is 5.36. The van der Waals surface area contributed by atoms with E-state index in [1.54, 1.807) is 0 Å². The second-order valence-corrected chi connectivity index (χ2v) is 3.42. The normalized spacial score (nSPS) is 19.3. The Morgan fingerprint density at radius 3 is 3.00 bits per heavy atom. The maximum Gasteiger partial charge on any atom is 0.0621 e. The number of nitriles is 1. The van der Waals surface area contributed by atoms with E-state index in [1.165, 1.54) is 0 Å². The highest BCUT2D eigenvalue weighted by Crippen LogP contribution is 2.02. The summed E-state index contributed by atoms with van der Waals surface area (Å²) in [5.41, 5.74) is 0. The first-order valence-corrected chi connectivity index (χ1v) is 5.10. The summed E-state index contributed by atoms with van der Waals surface area (Å²) in [6, 6.07) is 2.17. The quantitative estimate of drug-likeness (QED) is 0.617. The molecular weight excluding hydrogens is 164 g/mol. The van der Waals surface area contributed by atoms with Crippen LogP contribution in [-0.4, -0.2) is 37.7 Å². The van der Waals surface area contributed by atoms with Crippen molar-refractivity contribution < 1.29 is 4.74 Å². The van der Waals surface area contributed by atoms with Crippen LogP contribution in [0, 0.1) is 11.3 Å². The summed E-state index contributed by atoms with van der Waals surface area (Å²) in [6.07, 6.45) is 4.03. The van der Waals surface area contributed by atoms with Crippen LogP contribution in [0.3, 0.4) is 0 Å². The molecule has 13 heavy (non-hydrogen) atoms. The summed E-state index contributed by atoms with van der Waals surface area (Å²) in [7, 11) is 0. The van der Waals surface area contributed by atoms with Crippen LogP contribution in [0.2, 0.25) is 0 Å². The van der Waals surface area contributed by atoms with Gasteiger partial charge in [0.2, 0.25) is 0 Å². The molecule has 0 radical (unpaired) electrons. The third kappa shape index (κ3) is 4.87. The van der Waals surface area contributed by atoms with Crippen molar-refractivity contribution in [2.75, 3.05) is 32.8 Å². The SMILES string of the molecule is N#CCCCCN1CCCOCC1. The molecule has 1 rings (SSSR count). The first kappa shape index (κ1) is 10.5. The molecule has 1 fully saturated rings. The highest BCUT2D eigenvalue weighted by molar-refractivity contribution is 4.69. The van der Waals surface area contributed by atoms with Gasteiger partial charge in [-0.2, -0.15) is 5.26 Å². The lowest BCUT2D eigenvalue weighted by molar-refractivity contribution is 0.141. The first-order chi connectivity index (χ1) is 6.43. The van der Waals surface area contributed by atoms with Crippen LogP contribution < -0.4 is 0 Å². The Morgan fingerprint density at radius 1 is 1.23 bits per heavy atom. The van der Waals surface area contributed by atoms with Crippen molar-refractivity contribution in [1.29, 1.82) is 5.26 Å². The van der Waals surface area contributed by atoms with E-state index < -0.39 is 0 Å². The number of unbranched alkanes of at least 4 members (excludes halogenated alkanes) is 2. The van der Waals surface area contributed by atoms with Gasteiger partial charge in [-0.05, 0) is 25.8 Å². The Kier molecular flexibility index (Phi) is 5.55. The van der Waals surface area contributed by atoms with Crippen LogP contribution >= 0.6 is 0 Å². The summed E-state index contributed by atoms with van der Waals surface area (Å²) in [4.78, 5) is 2.43. The molecular formula is C10H18N2O. The molecule has 74 valence electrons. The van der Waals surface area contributed by atoms with Crippen LogP contribution in [0.25, 0.3) is 0 Å². The van der Waals surface area contributed by atoms with Crippen molar-refractivity contribution in [3.63, 3.8) is 0 Å². The molecule has 0 amide bonds. The summed E-state index contributed by atoms with van der Waals surface area (Å²) in [5, 5.41) is 8.36. The van der Waals surface area contributed by atoms with Gasteiger partial charge in [0.05, 0.1) is 12.7 Å². The minimum absolute atomic E-state index is 0.699. The van der Waals surface area contributed by atoms with Gasteiger partial charge in [-0.15, -0.1) is 0 Å². The van der Waals surface area contributed by atoms with Crippen LogP contribution in [0.1, 0.15) is 25.7 Å². The molecule has 1 aliphatic heterocycles. The number of nitrogens with zero attached hydrogens (tertiary/aromatic N) is 2. The van der Waals surface area contributed by atoms with Crippen LogP contribution in [0.15, 0.2) is 0 Å². The van der Waals surface area contributed by atoms with Crippen LogP contribution in [0.4, 0.5) is 0 Å². The van der Waals surface area contributed by atoms with Gasteiger partial charge >= 0.3 is 0 Å². The van der Waals surface area contributed by atoms with Crippen molar-refractivity contribution in [3.8, 4) is 6.07 Å². The first-order valence-electron chi connectivity index (χ1n) is 5.10. The van der Waals surface area contributed by atoms with Gasteiger partial charge < -0.3 is 9.64 Å². The average molecular weight is 182 g/mol. The fraction of sp³-hybridized carbons (Fsp3) is 0.900. The molecule has 1 aliphatic rings. The third-order valence-electron chi connectivity index (χ3n) is 2.33. The van der Waals surface area contributed by atoms with E-state index in [0.717, 1.165) is 52.1 Å². The second kappa shape index (κ2) is 6.88.